The van der Waals surface area contributed by atoms with Crippen LogP contribution in [0, 0.1) is 6.92 Å². The number of nitrogens with one attached hydrogen (secondary N) is 3. The molecular formula is C23H22N4O3. The van der Waals surface area contributed by atoms with Crippen LogP contribution in [0.2, 0.25) is 0 Å². The minimum absolute atomic E-state index is 0.0375. The van der Waals surface area contributed by atoms with Crippen LogP contribution in [0.25, 0.3) is 0 Å². The number of amides is 3. The summed E-state index contributed by atoms with van der Waals surface area (Å²) in [4.78, 5) is 35.6. The second kappa shape index (κ2) is 9.38. The van der Waals surface area contributed by atoms with Gasteiger partial charge in [0.1, 0.15) is 0 Å². The first kappa shape index (κ1) is 20.6. The van der Waals surface area contributed by atoms with E-state index in [1.165, 1.54) is 6.07 Å². The van der Waals surface area contributed by atoms with Crippen LogP contribution in [0.3, 0.4) is 0 Å². The Hall–Kier alpha value is -4.13. The number of primary amides is 1. The molecule has 0 aliphatic carbocycles. The van der Waals surface area contributed by atoms with Gasteiger partial charge in [0.05, 0.1) is 6.54 Å². The van der Waals surface area contributed by atoms with Crippen LogP contribution in [0.15, 0.2) is 72.8 Å². The fourth-order valence-electron chi connectivity index (χ4n) is 2.80. The molecule has 3 aromatic carbocycles. The Morgan fingerprint density at radius 3 is 2.13 bits per heavy atom. The summed E-state index contributed by atoms with van der Waals surface area (Å²) in [6.07, 6.45) is 0. The summed E-state index contributed by atoms with van der Waals surface area (Å²) in [5.41, 5.74) is 9.04. The van der Waals surface area contributed by atoms with Crippen molar-refractivity contribution in [3.05, 3.63) is 89.5 Å². The molecule has 7 nitrogen and oxygen atoms in total. The van der Waals surface area contributed by atoms with Crippen molar-refractivity contribution < 1.29 is 14.4 Å². The van der Waals surface area contributed by atoms with Gasteiger partial charge < -0.3 is 21.7 Å². The molecule has 3 amide bonds. The number of nitrogens with two attached hydrogens (primary N) is 1. The van der Waals surface area contributed by atoms with Crippen LogP contribution in [-0.4, -0.2) is 24.3 Å². The van der Waals surface area contributed by atoms with Gasteiger partial charge in [-0.15, -0.1) is 0 Å². The molecule has 0 fully saturated rings. The molecule has 0 aliphatic rings. The van der Waals surface area contributed by atoms with E-state index in [9.17, 15) is 14.4 Å². The van der Waals surface area contributed by atoms with Gasteiger partial charge in [-0.2, -0.15) is 0 Å². The zero-order chi connectivity index (χ0) is 21.5. The van der Waals surface area contributed by atoms with Gasteiger partial charge in [0.15, 0.2) is 0 Å². The van der Waals surface area contributed by atoms with Gasteiger partial charge in [-0.1, -0.05) is 23.8 Å². The largest absolute Gasteiger partial charge is 0.376 e. The smallest absolute Gasteiger partial charge is 0.255 e. The van der Waals surface area contributed by atoms with Gasteiger partial charge >= 0.3 is 0 Å². The first-order chi connectivity index (χ1) is 14.4. The highest BCUT2D eigenvalue weighted by molar-refractivity contribution is 6.04. The quantitative estimate of drug-likeness (QED) is 0.485. The molecule has 0 unspecified atom stereocenters. The average molecular weight is 402 g/mol. The number of carbonyl (C=O) groups is 3. The van der Waals surface area contributed by atoms with Crippen molar-refractivity contribution in [2.75, 3.05) is 22.5 Å². The van der Waals surface area contributed by atoms with E-state index in [2.05, 4.69) is 16.0 Å². The first-order valence-corrected chi connectivity index (χ1v) is 9.32. The minimum atomic E-state index is -0.557. The highest BCUT2D eigenvalue weighted by Gasteiger charge is 2.07. The molecule has 0 saturated carbocycles. The van der Waals surface area contributed by atoms with E-state index in [0.717, 1.165) is 11.3 Å². The fourth-order valence-corrected chi connectivity index (χ4v) is 2.80. The summed E-state index contributed by atoms with van der Waals surface area (Å²) < 4.78 is 0. The van der Waals surface area contributed by atoms with E-state index in [0.29, 0.717) is 22.5 Å². The van der Waals surface area contributed by atoms with Crippen molar-refractivity contribution in [1.82, 2.24) is 0 Å². The second-order valence-electron chi connectivity index (χ2n) is 6.75. The van der Waals surface area contributed by atoms with Crippen LogP contribution in [0.1, 0.15) is 26.3 Å². The normalized spacial score (nSPS) is 10.2. The Kier molecular flexibility index (Phi) is 6.44. The number of carbonyl (C=O) groups excluding carboxylic acids is 3. The van der Waals surface area contributed by atoms with Crippen molar-refractivity contribution in [1.29, 1.82) is 0 Å². The lowest BCUT2D eigenvalue weighted by molar-refractivity contribution is -0.114. The Bertz CT molecular complexity index is 1080. The lowest BCUT2D eigenvalue weighted by Gasteiger charge is -2.10. The molecule has 0 atom stereocenters. The monoisotopic (exact) mass is 402 g/mol. The van der Waals surface area contributed by atoms with Crippen LogP contribution in [0.5, 0.6) is 0 Å². The molecule has 0 bridgehead atoms. The molecular weight excluding hydrogens is 380 g/mol. The number of hydrogen-bond donors (Lipinski definition) is 4. The first-order valence-electron chi connectivity index (χ1n) is 9.32. The lowest BCUT2D eigenvalue weighted by Crippen LogP contribution is -2.22. The highest BCUT2D eigenvalue weighted by Crippen LogP contribution is 2.15. The van der Waals surface area contributed by atoms with Crippen molar-refractivity contribution in [3.63, 3.8) is 0 Å². The molecule has 0 spiro atoms. The average Bonchev–Trinajstić information content (AvgIpc) is 2.73. The third kappa shape index (κ3) is 5.68. The maximum atomic E-state index is 12.3. The van der Waals surface area contributed by atoms with Crippen molar-refractivity contribution in [2.45, 2.75) is 6.92 Å². The Labute approximate surface area is 174 Å². The van der Waals surface area contributed by atoms with Gasteiger partial charge in [0, 0.05) is 28.2 Å². The van der Waals surface area contributed by atoms with Crippen LogP contribution in [-0.2, 0) is 4.79 Å². The third-order valence-corrected chi connectivity index (χ3v) is 4.31. The molecule has 3 aromatic rings. The Morgan fingerprint density at radius 1 is 0.767 bits per heavy atom. The fraction of sp³-hybridized carbons (Fsp3) is 0.0870. The Balaban J connectivity index is 1.52. The summed E-state index contributed by atoms with van der Waals surface area (Å²) in [5.74, 6) is -1.01. The van der Waals surface area contributed by atoms with E-state index in [4.69, 9.17) is 5.73 Å². The van der Waals surface area contributed by atoms with E-state index < -0.39 is 5.91 Å². The molecule has 0 radical (unpaired) electrons. The Morgan fingerprint density at radius 2 is 1.43 bits per heavy atom. The van der Waals surface area contributed by atoms with Crippen molar-refractivity contribution in [3.8, 4) is 0 Å². The zero-order valence-corrected chi connectivity index (χ0v) is 16.4. The SMILES string of the molecule is Cc1cccc(C(=O)Nc2ccc(NCC(=O)Nc3cccc(C(N)=O)c3)cc2)c1. The van der Waals surface area contributed by atoms with Crippen molar-refractivity contribution >= 4 is 34.8 Å². The van der Waals surface area contributed by atoms with Gasteiger partial charge in [-0.3, -0.25) is 14.4 Å². The third-order valence-electron chi connectivity index (χ3n) is 4.31. The van der Waals surface area contributed by atoms with Gasteiger partial charge in [0.25, 0.3) is 5.91 Å². The molecule has 7 heteroatoms. The molecule has 0 aliphatic heterocycles. The summed E-state index contributed by atoms with van der Waals surface area (Å²) in [6.45, 7) is 1.97. The van der Waals surface area contributed by atoms with E-state index in [1.807, 2.05) is 25.1 Å². The van der Waals surface area contributed by atoms with Crippen LogP contribution in [0.4, 0.5) is 17.1 Å². The summed E-state index contributed by atoms with van der Waals surface area (Å²) >= 11 is 0. The number of benzene rings is 3. The summed E-state index contributed by atoms with van der Waals surface area (Å²) in [7, 11) is 0. The molecule has 0 heterocycles. The van der Waals surface area contributed by atoms with Crippen molar-refractivity contribution in [2.24, 2.45) is 5.73 Å². The minimum Gasteiger partial charge on any atom is -0.376 e. The number of aryl methyl sites for hydroxylation is 1. The second-order valence-corrected chi connectivity index (χ2v) is 6.75. The number of anilines is 3. The predicted molar refractivity (Wildman–Crippen MR) is 118 cm³/mol. The number of rotatable bonds is 7. The highest BCUT2D eigenvalue weighted by atomic mass is 16.2. The lowest BCUT2D eigenvalue weighted by atomic mass is 10.1. The molecule has 152 valence electrons. The molecule has 5 N–H and O–H groups in total. The van der Waals surface area contributed by atoms with Gasteiger partial charge in [-0.25, -0.2) is 0 Å². The molecule has 3 rings (SSSR count). The van der Waals surface area contributed by atoms with E-state index in [-0.39, 0.29) is 18.4 Å². The zero-order valence-electron chi connectivity index (χ0n) is 16.4. The van der Waals surface area contributed by atoms with Crippen LogP contribution >= 0.6 is 0 Å². The number of hydrogen-bond acceptors (Lipinski definition) is 4. The predicted octanol–water partition coefficient (Wildman–Crippen LogP) is 3.40. The topological polar surface area (TPSA) is 113 Å². The van der Waals surface area contributed by atoms with Gasteiger partial charge in [0.2, 0.25) is 11.8 Å². The maximum absolute atomic E-state index is 12.3. The molecule has 30 heavy (non-hydrogen) atoms. The molecule has 0 saturated heterocycles. The van der Waals surface area contributed by atoms with Crippen LogP contribution < -0.4 is 21.7 Å². The summed E-state index contributed by atoms with van der Waals surface area (Å²) in [6, 6.07) is 20.8. The maximum Gasteiger partial charge on any atom is 0.255 e. The van der Waals surface area contributed by atoms with E-state index >= 15 is 0 Å². The molecule has 0 aromatic heterocycles. The standard InChI is InChI=1S/C23H22N4O3/c1-15-4-2-6-17(12-15)23(30)27-19-10-8-18(9-11-19)25-14-21(28)26-20-7-3-5-16(13-20)22(24)29/h2-13,25H,14H2,1H3,(H2,24,29)(H,26,28)(H,27,30). The van der Waals surface area contributed by atoms with E-state index in [1.54, 1.807) is 48.5 Å². The summed E-state index contributed by atoms with van der Waals surface area (Å²) in [5, 5.41) is 8.55. The van der Waals surface area contributed by atoms with Gasteiger partial charge in [-0.05, 0) is 61.5 Å².